The molecule has 4 aliphatic heterocycles. The number of hydrogen-bond acceptors (Lipinski definition) is 9. The van der Waals surface area contributed by atoms with Crippen molar-refractivity contribution in [1.29, 1.82) is 5.26 Å². The first-order chi connectivity index (χ1) is 21.0. The number of phenolic OH excluding ortho intramolecular Hbond substituents is 2. The fraction of sp³-hybridized carbons (Fsp3) is 0.485. The van der Waals surface area contributed by atoms with Crippen LogP contribution in [0.15, 0.2) is 18.2 Å². The number of piperazine rings is 1. The van der Waals surface area contributed by atoms with Crippen LogP contribution in [0.1, 0.15) is 64.9 Å². The van der Waals surface area contributed by atoms with Gasteiger partial charge in [-0.3, -0.25) is 19.4 Å². The molecule has 4 heterocycles. The molecule has 4 N–H and O–H groups in total. The predicted molar refractivity (Wildman–Crippen MR) is 161 cm³/mol. The summed E-state index contributed by atoms with van der Waals surface area (Å²) in [6.07, 6.45) is 3.93. The van der Waals surface area contributed by atoms with E-state index in [0.717, 1.165) is 22.3 Å². The van der Waals surface area contributed by atoms with E-state index in [2.05, 4.69) is 32.6 Å². The molecule has 0 saturated carbocycles. The molecule has 1 unspecified atom stereocenters. The third-order valence-corrected chi connectivity index (χ3v) is 10.0. The van der Waals surface area contributed by atoms with Crippen LogP contribution >= 0.6 is 0 Å². The van der Waals surface area contributed by atoms with Crippen LogP contribution < -0.4 is 20.1 Å². The van der Waals surface area contributed by atoms with Crippen molar-refractivity contribution >= 4 is 11.8 Å². The minimum absolute atomic E-state index is 0. The Kier molecular flexibility index (Phi) is 9.51. The Balaban J connectivity index is 0.00000400. The number of fused-ring (bicyclic) bond motifs is 9. The van der Waals surface area contributed by atoms with Crippen LogP contribution in [0.3, 0.4) is 0 Å². The van der Waals surface area contributed by atoms with Gasteiger partial charge in [-0.15, -0.1) is 0 Å². The first kappa shape index (κ1) is 33.5. The first-order valence-electron chi connectivity index (χ1n) is 15.1. The number of rotatable bonds is 5. The minimum Gasteiger partial charge on any atom is -0.507 e. The van der Waals surface area contributed by atoms with Crippen LogP contribution in [0, 0.1) is 76.2 Å². The maximum Gasteiger partial charge on any atom is 0.244 e. The Morgan fingerprint density at radius 2 is 1.82 bits per heavy atom. The van der Waals surface area contributed by atoms with Crippen LogP contribution in [0.5, 0.6) is 23.0 Å². The van der Waals surface area contributed by atoms with E-state index in [4.69, 9.17) is 9.47 Å². The smallest absolute Gasteiger partial charge is 0.244 e. The zero-order chi connectivity index (χ0) is 31.6. The molecule has 1 radical (unpaired) electrons. The standard InChI is InChI=1S/C33H39N5O6.Ac/c1-7-8-25(39)36-18(5)33(42)35-13-24-27-20(29(40)17(4)31-32(27)44-14-43-31)11-22-28-26-19(9-15(2)16(3)30(26)41)10-21(37(28)6)23(12-34)38(22)24;/h7-9,18,21-24,28,40-41H,10-11,13-14H2,1-6H3,(H,35,42)(H,36,39);/b8-7+;/t18-,21-,22?,23-,24-,28-;/m0./s1. The number of nitrogens with one attached hydrogen (secondary N) is 2. The molecule has 4 aliphatic rings. The molecule has 12 heteroatoms. The van der Waals surface area contributed by atoms with Gasteiger partial charge in [-0.05, 0) is 77.3 Å². The molecule has 2 aromatic carbocycles. The van der Waals surface area contributed by atoms with Gasteiger partial charge in [0.25, 0.3) is 0 Å². The third kappa shape index (κ3) is 5.30. The van der Waals surface area contributed by atoms with Gasteiger partial charge in [0.1, 0.15) is 23.6 Å². The van der Waals surface area contributed by atoms with E-state index in [-0.39, 0.29) is 98.8 Å². The van der Waals surface area contributed by atoms with E-state index >= 15 is 0 Å². The van der Waals surface area contributed by atoms with Gasteiger partial charge in [0.2, 0.25) is 18.6 Å². The number of carbonyl (C=O) groups is 2. The molecule has 6 atom stereocenters. The normalized spacial score (nSPS) is 25.3. The summed E-state index contributed by atoms with van der Waals surface area (Å²) >= 11 is 0. The van der Waals surface area contributed by atoms with Gasteiger partial charge in [-0.1, -0.05) is 12.1 Å². The molecule has 11 nitrogen and oxygen atoms in total. The van der Waals surface area contributed by atoms with Crippen molar-refractivity contribution in [2.24, 2.45) is 0 Å². The zero-order valence-corrected chi connectivity index (χ0v) is 31.2. The van der Waals surface area contributed by atoms with Crippen molar-refractivity contribution in [2.75, 3.05) is 20.4 Å². The number of hydrogen-bond donors (Lipinski definition) is 4. The van der Waals surface area contributed by atoms with Crippen molar-refractivity contribution in [3.63, 3.8) is 0 Å². The molecule has 0 spiro atoms. The number of nitrogens with zero attached hydrogens (tertiary/aromatic N) is 3. The quantitative estimate of drug-likeness (QED) is 0.335. The number of nitriles is 1. The van der Waals surface area contributed by atoms with Gasteiger partial charge >= 0.3 is 0 Å². The Morgan fingerprint density at radius 1 is 1.11 bits per heavy atom. The fourth-order valence-electron chi connectivity index (χ4n) is 7.74. The Labute approximate surface area is 299 Å². The number of likely N-dealkylation sites (N-methyl/N-ethyl adjacent to an activating group) is 1. The van der Waals surface area contributed by atoms with Crippen LogP contribution in [0.25, 0.3) is 0 Å². The number of aromatic hydroxyl groups is 2. The number of amides is 2. The van der Waals surface area contributed by atoms with Crippen molar-refractivity contribution < 1.29 is 73.3 Å². The second kappa shape index (κ2) is 12.8. The number of carbonyl (C=O) groups excluding carboxylic acids is 2. The minimum atomic E-state index is -0.803. The molecule has 2 amide bonds. The molecule has 6 rings (SSSR count). The number of benzene rings is 2. The van der Waals surface area contributed by atoms with Gasteiger partial charge in [-0.2, -0.15) is 5.26 Å². The average Bonchev–Trinajstić information content (AvgIpc) is 3.48. The third-order valence-electron chi connectivity index (χ3n) is 10.0. The largest absolute Gasteiger partial charge is 0.507 e. The van der Waals surface area contributed by atoms with Crippen molar-refractivity contribution in [2.45, 2.75) is 83.7 Å². The molecule has 235 valence electrons. The zero-order valence-electron chi connectivity index (χ0n) is 26.5. The van der Waals surface area contributed by atoms with E-state index in [1.54, 1.807) is 26.8 Å². The van der Waals surface area contributed by atoms with Crippen LogP contribution in [-0.2, 0) is 22.4 Å². The molecule has 1 saturated heterocycles. The number of aryl methyl sites for hydroxylation is 1. The van der Waals surface area contributed by atoms with E-state index in [9.17, 15) is 25.1 Å². The molecular formula is C33H39AcN5O6. The topological polar surface area (TPSA) is 147 Å². The van der Waals surface area contributed by atoms with Gasteiger partial charge in [-0.25, -0.2) is 0 Å². The van der Waals surface area contributed by atoms with Gasteiger partial charge in [0.05, 0.1) is 18.2 Å². The van der Waals surface area contributed by atoms with Gasteiger partial charge in [0, 0.05) is 84.9 Å². The van der Waals surface area contributed by atoms with E-state index < -0.39 is 18.1 Å². The molecule has 45 heavy (non-hydrogen) atoms. The summed E-state index contributed by atoms with van der Waals surface area (Å²) in [6, 6.07) is 1.99. The first-order valence-corrected chi connectivity index (χ1v) is 15.1. The second-order valence-corrected chi connectivity index (χ2v) is 12.3. The maximum atomic E-state index is 13.2. The Morgan fingerprint density at radius 3 is 2.51 bits per heavy atom. The monoisotopic (exact) mass is 828 g/mol. The van der Waals surface area contributed by atoms with Crippen molar-refractivity contribution in [3.05, 3.63) is 57.2 Å². The average molecular weight is 829 g/mol. The van der Waals surface area contributed by atoms with Crippen LogP contribution in [0.2, 0.25) is 0 Å². The molecule has 0 aliphatic carbocycles. The van der Waals surface area contributed by atoms with Gasteiger partial charge in [0.15, 0.2) is 11.5 Å². The number of ether oxygens (including phenoxy) is 2. The SMILES string of the molecule is C/C=C/C(=O)N[C@@H](C)C(=O)NC[C@H]1c2c(c(O)c(C)c3c2OCO3)CC2[C@H]3c4c(cc(C)c(C)c4O)C[C@@H]([C@H](C#N)N21)N3C.[Ac]. The van der Waals surface area contributed by atoms with E-state index in [1.165, 1.54) is 6.08 Å². The Hall–Kier alpha value is -2.83. The van der Waals surface area contributed by atoms with Crippen LogP contribution in [-0.4, -0.2) is 76.4 Å². The van der Waals surface area contributed by atoms with Crippen LogP contribution in [0.4, 0.5) is 0 Å². The summed E-state index contributed by atoms with van der Waals surface area (Å²) in [5.74, 6) is 0.581. The van der Waals surface area contributed by atoms with E-state index in [1.807, 2.05) is 20.9 Å². The number of phenols is 2. The molecular weight excluding hydrogens is 789 g/mol. The van der Waals surface area contributed by atoms with Gasteiger partial charge < -0.3 is 30.3 Å². The predicted octanol–water partition coefficient (Wildman–Crippen LogP) is 2.72. The second-order valence-electron chi connectivity index (χ2n) is 12.3. The van der Waals surface area contributed by atoms with Crippen molar-refractivity contribution in [1.82, 2.24) is 20.4 Å². The summed E-state index contributed by atoms with van der Waals surface area (Å²) < 4.78 is 11.8. The molecule has 0 aromatic heterocycles. The number of allylic oxidation sites excluding steroid dienone is 1. The molecule has 2 bridgehead atoms. The summed E-state index contributed by atoms with van der Waals surface area (Å²) in [6.45, 7) is 9.11. The summed E-state index contributed by atoms with van der Waals surface area (Å²) in [5, 5.41) is 39.4. The summed E-state index contributed by atoms with van der Waals surface area (Å²) in [4.78, 5) is 29.7. The molecule has 2 aromatic rings. The van der Waals surface area contributed by atoms with E-state index in [0.29, 0.717) is 41.0 Å². The molecule has 1 fully saturated rings. The van der Waals surface area contributed by atoms with Crippen molar-refractivity contribution in [3.8, 4) is 29.1 Å². The maximum absolute atomic E-state index is 13.2. The Bertz CT molecular complexity index is 1640. The fourth-order valence-corrected chi connectivity index (χ4v) is 7.74. The summed E-state index contributed by atoms with van der Waals surface area (Å²) in [5.41, 5.74) is 5.65. The summed E-state index contributed by atoms with van der Waals surface area (Å²) in [7, 11) is 2.00.